The van der Waals surface area contributed by atoms with Gasteiger partial charge in [0.1, 0.15) is 5.82 Å². The molecule has 1 aromatic rings. The van der Waals surface area contributed by atoms with Crippen molar-refractivity contribution in [3.8, 4) is 0 Å². The second-order valence-electron chi connectivity index (χ2n) is 4.99. The Labute approximate surface area is 124 Å². The van der Waals surface area contributed by atoms with E-state index in [-0.39, 0.29) is 17.6 Å². The van der Waals surface area contributed by atoms with E-state index in [1.165, 1.54) is 12.1 Å². The smallest absolute Gasteiger partial charge is 0.229 e. The van der Waals surface area contributed by atoms with Crippen LogP contribution in [0.25, 0.3) is 0 Å². The highest BCUT2D eigenvalue weighted by Gasteiger charge is 2.10. The first kappa shape index (κ1) is 17.4. The quantitative estimate of drug-likeness (QED) is 0.711. The van der Waals surface area contributed by atoms with Crippen molar-refractivity contribution in [3.05, 3.63) is 24.0 Å². The number of hydrogen-bond donors (Lipinski definition) is 3. The van der Waals surface area contributed by atoms with Crippen LogP contribution >= 0.6 is 0 Å². The van der Waals surface area contributed by atoms with Gasteiger partial charge in [-0.1, -0.05) is 0 Å². The molecule has 4 N–H and O–H groups in total. The van der Waals surface area contributed by atoms with Crippen molar-refractivity contribution in [2.45, 2.75) is 32.2 Å². The number of hydrogen-bond acceptors (Lipinski definition) is 4. The van der Waals surface area contributed by atoms with Gasteiger partial charge in [0.25, 0.3) is 0 Å². The molecule has 8 heteroatoms. The maximum atomic E-state index is 13.5. The summed E-state index contributed by atoms with van der Waals surface area (Å²) in [6, 6.07) is 3.73. The van der Waals surface area contributed by atoms with Gasteiger partial charge in [-0.05, 0) is 38.0 Å². The monoisotopic (exact) mass is 317 g/mol. The van der Waals surface area contributed by atoms with Crippen molar-refractivity contribution in [2.24, 2.45) is 5.73 Å². The van der Waals surface area contributed by atoms with Crippen molar-refractivity contribution < 1.29 is 17.6 Å². The van der Waals surface area contributed by atoms with Crippen LogP contribution in [0.1, 0.15) is 26.2 Å². The van der Waals surface area contributed by atoms with Gasteiger partial charge < -0.3 is 11.1 Å². The van der Waals surface area contributed by atoms with E-state index in [4.69, 9.17) is 5.73 Å². The van der Waals surface area contributed by atoms with Crippen LogP contribution in [0.5, 0.6) is 0 Å². The molecular weight excluding hydrogens is 297 g/mol. The zero-order valence-corrected chi connectivity index (χ0v) is 12.8. The maximum absolute atomic E-state index is 13.5. The fraction of sp³-hybridized carbons (Fsp3) is 0.462. The van der Waals surface area contributed by atoms with E-state index in [1.807, 2.05) is 6.92 Å². The van der Waals surface area contributed by atoms with Gasteiger partial charge in [-0.25, -0.2) is 12.8 Å². The first-order valence-corrected chi connectivity index (χ1v) is 8.39. The summed E-state index contributed by atoms with van der Waals surface area (Å²) in [5.74, 6) is -0.942. The minimum Gasteiger partial charge on any atom is -0.328 e. The summed E-state index contributed by atoms with van der Waals surface area (Å²) >= 11 is 0. The molecule has 1 unspecified atom stereocenters. The highest BCUT2D eigenvalue weighted by Crippen LogP contribution is 2.20. The average Bonchev–Trinajstić information content (AvgIpc) is 2.31. The number of carbonyl (C=O) groups excluding carboxylic acids is 1. The molecule has 1 atom stereocenters. The van der Waals surface area contributed by atoms with Crippen LogP contribution in [-0.2, 0) is 14.8 Å². The van der Waals surface area contributed by atoms with Crippen LogP contribution in [0.15, 0.2) is 18.2 Å². The van der Waals surface area contributed by atoms with Crippen molar-refractivity contribution in [2.75, 3.05) is 16.3 Å². The average molecular weight is 317 g/mol. The molecule has 0 spiro atoms. The number of nitrogens with two attached hydrogens (primary N) is 1. The number of halogens is 1. The first-order valence-electron chi connectivity index (χ1n) is 6.50. The summed E-state index contributed by atoms with van der Waals surface area (Å²) in [7, 11) is -3.59. The molecule has 0 aliphatic rings. The number of benzene rings is 1. The maximum Gasteiger partial charge on any atom is 0.229 e. The van der Waals surface area contributed by atoms with Crippen LogP contribution in [-0.4, -0.2) is 26.6 Å². The summed E-state index contributed by atoms with van der Waals surface area (Å²) in [6.45, 7) is 1.86. The molecule has 0 heterocycles. The first-order chi connectivity index (χ1) is 9.67. The molecule has 0 saturated carbocycles. The number of sulfonamides is 1. The molecule has 1 aromatic carbocycles. The molecule has 1 amide bonds. The zero-order chi connectivity index (χ0) is 16.0. The van der Waals surface area contributed by atoms with E-state index in [0.717, 1.165) is 18.7 Å². The Kier molecular flexibility index (Phi) is 6.10. The molecule has 21 heavy (non-hydrogen) atoms. The third kappa shape index (κ3) is 7.05. The van der Waals surface area contributed by atoms with E-state index in [9.17, 15) is 17.6 Å². The molecule has 0 aliphatic carbocycles. The minimum atomic E-state index is -3.59. The summed E-state index contributed by atoms with van der Waals surface area (Å²) in [6.07, 6.45) is 2.61. The largest absolute Gasteiger partial charge is 0.328 e. The van der Waals surface area contributed by atoms with Crippen molar-refractivity contribution in [1.82, 2.24) is 0 Å². The zero-order valence-electron chi connectivity index (χ0n) is 12.0. The molecule has 0 radical (unpaired) electrons. The van der Waals surface area contributed by atoms with Crippen LogP contribution in [0, 0.1) is 5.82 Å². The minimum absolute atomic E-state index is 0.0363. The molecule has 0 fully saturated rings. The fourth-order valence-corrected chi connectivity index (χ4v) is 2.24. The topological polar surface area (TPSA) is 101 Å². The van der Waals surface area contributed by atoms with Crippen LogP contribution in [0.2, 0.25) is 0 Å². The predicted octanol–water partition coefficient (Wildman–Crippen LogP) is 1.65. The summed E-state index contributed by atoms with van der Waals surface area (Å²) in [4.78, 5) is 11.7. The van der Waals surface area contributed by atoms with E-state index >= 15 is 0 Å². The number of anilines is 2. The lowest BCUT2D eigenvalue weighted by Crippen LogP contribution is -2.17. The lowest BCUT2D eigenvalue weighted by Gasteiger charge is -2.10. The summed E-state index contributed by atoms with van der Waals surface area (Å²) < 4.78 is 37.8. The van der Waals surface area contributed by atoms with Gasteiger partial charge in [-0.2, -0.15) is 0 Å². The van der Waals surface area contributed by atoms with Crippen molar-refractivity contribution in [3.63, 3.8) is 0 Å². The number of rotatable bonds is 7. The van der Waals surface area contributed by atoms with E-state index in [0.29, 0.717) is 18.5 Å². The predicted molar refractivity (Wildman–Crippen MR) is 81.0 cm³/mol. The summed E-state index contributed by atoms with van der Waals surface area (Å²) in [5.41, 5.74) is 5.71. The molecule has 0 aromatic heterocycles. The van der Waals surface area contributed by atoms with E-state index < -0.39 is 15.8 Å². The molecule has 0 aliphatic heterocycles. The Morgan fingerprint density at radius 1 is 1.43 bits per heavy atom. The molecule has 0 saturated heterocycles. The fourth-order valence-electron chi connectivity index (χ4n) is 1.69. The lowest BCUT2D eigenvalue weighted by molar-refractivity contribution is -0.116. The van der Waals surface area contributed by atoms with Crippen LogP contribution in [0.4, 0.5) is 15.8 Å². The summed E-state index contributed by atoms with van der Waals surface area (Å²) in [5, 5.41) is 2.59. The van der Waals surface area contributed by atoms with Gasteiger partial charge >= 0.3 is 0 Å². The van der Waals surface area contributed by atoms with Gasteiger partial charge in [-0.3, -0.25) is 9.52 Å². The number of amides is 1. The molecule has 0 bridgehead atoms. The Hall–Kier alpha value is -1.67. The van der Waals surface area contributed by atoms with Gasteiger partial charge in [0, 0.05) is 18.2 Å². The third-order valence-electron chi connectivity index (χ3n) is 2.61. The molecule has 6 nitrogen and oxygen atoms in total. The second kappa shape index (κ2) is 7.37. The van der Waals surface area contributed by atoms with Crippen LogP contribution in [0.3, 0.4) is 0 Å². The van der Waals surface area contributed by atoms with E-state index in [2.05, 4.69) is 10.0 Å². The van der Waals surface area contributed by atoms with Gasteiger partial charge in [0.2, 0.25) is 15.9 Å². The number of nitrogens with one attached hydrogen (secondary N) is 2. The Bertz CT molecular complexity index is 603. The SMILES string of the molecule is CC(N)CCCC(=O)Nc1ccc(F)c(NS(C)(=O)=O)c1. The molecule has 118 valence electrons. The highest BCUT2D eigenvalue weighted by atomic mass is 32.2. The second-order valence-corrected chi connectivity index (χ2v) is 6.73. The normalized spacial score (nSPS) is 12.8. The number of carbonyl (C=O) groups is 1. The van der Waals surface area contributed by atoms with Gasteiger partial charge in [-0.15, -0.1) is 0 Å². The third-order valence-corrected chi connectivity index (χ3v) is 3.20. The Morgan fingerprint density at radius 3 is 2.67 bits per heavy atom. The molecular formula is C13H20FN3O3S. The van der Waals surface area contributed by atoms with Gasteiger partial charge in [0.15, 0.2) is 0 Å². The van der Waals surface area contributed by atoms with Gasteiger partial charge in [0.05, 0.1) is 11.9 Å². The van der Waals surface area contributed by atoms with Crippen LogP contribution < -0.4 is 15.8 Å². The highest BCUT2D eigenvalue weighted by molar-refractivity contribution is 7.92. The molecule has 1 rings (SSSR count). The lowest BCUT2D eigenvalue weighted by atomic mass is 10.1. The van der Waals surface area contributed by atoms with E-state index in [1.54, 1.807) is 0 Å². The Balaban J connectivity index is 2.67. The van der Waals surface area contributed by atoms with Crippen molar-refractivity contribution >= 4 is 27.3 Å². The van der Waals surface area contributed by atoms with Crippen molar-refractivity contribution in [1.29, 1.82) is 0 Å². The Morgan fingerprint density at radius 2 is 2.10 bits per heavy atom. The standard InChI is InChI=1S/C13H20FN3O3S/c1-9(15)4-3-5-13(18)16-10-6-7-11(14)12(8-10)17-21(2,19)20/h6-9,17H,3-5,15H2,1-2H3,(H,16,18).